The van der Waals surface area contributed by atoms with Gasteiger partial charge >= 0.3 is 0 Å². The van der Waals surface area contributed by atoms with E-state index in [0.29, 0.717) is 50.5 Å². The Labute approximate surface area is 169 Å². The van der Waals surface area contributed by atoms with Gasteiger partial charge in [0.25, 0.3) is 5.91 Å². The molecule has 2 aliphatic heterocycles. The van der Waals surface area contributed by atoms with E-state index in [9.17, 15) is 9.59 Å². The van der Waals surface area contributed by atoms with Gasteiger partial charge in [-0.1, -0.05) is 12.1 Å². The lowest BCUT2D eigenvalue weighted by Gasteiger charge is -2.38. The third-order valence-corrected chi connectivity index (χ3v) is 5.43. The van der Waals surface area contributed by atoms with Crippen molar-refractivity contribution in [3.05, 3.63) is 42.5 Å². The average Bonchev–Trinajstić information content (AvgIpc) is 3.24. The van der Waals surface area contributed by atoms with E-state index < -0.39 is 5.60 Å². The van der Waals surface area contributed by atoms with Crippen LogP contribution in [0.1, 0.15) is 36.2 Å². The highest BCUT2D eigenvalue weighted by Crippen LogP contribution is 2.34. The molecular weight excluding hydrogens is 374 g/mol. The molecule has 1 unspecified atom stereocenters. The number of rotatable bonds is 5. The van der Waals surface area contributed by atoms with Gasteiger partial charge in [0.15, 0.2) is 0 Å². The molecule has 1 fully saturated rings. The molecule has 29 heavy (non-hydrogen) atoms. The van der Waals surface area contributed by atoms with Gasteiger partial charge in [-0.15, -0.1) is 0 Å². The topological polar surface area (TPSA) is 98.6 Å². The zero-order valence-corrected chi connectivity index (χ0v) is 16.4. The molecule has 154 valence electrons. The lowest BCUT2D eigenvalue weighted by Crippen LogP contribution is -2.52. The largest absolute Gasteiger partial charge is 0.484 e. The van der Waals surface area contributed by atoms with Crippen LogP contribution in [0.4, 0.5) is 0 Å². The minimum absolute atomic E-state index is 0.0246. The number of ether oxygens (including phenoxy) is 2. The van der Waals surface area contributed by atoms with Crippen molar-refractivity contribution < 1.29 is 19.1 Å². The average molecular weight is 399 g/mol. The first kappa shape index (κ1) is 19.4. The van der Waals surface area contributed by atoms with Gasteiger partial charge in [0, 0.05) is 19.4 Å². The number of nitrogens with zero attached hydrogens (tertiary/aromatic N) is 4. The van der Waals surface area contributed by atoms with Crippen LogP contribution < -0.4 is 10.1 Å². The monoisotopic (exact) mass is 399 g/mol. The Morgan fingerprint density at radius 1 is 1.31 bits per heavy atom. The van der Waals surface area contributed by atoms with Crippen LogP contribution in [0.2, 0.25) is 0 Å². The lowest BCUT2D eigenvalue weighted by molar-refractivity contribution is -0.122. The predicted octanol–water partition coefficient (Wildman–Crippen LogP) is 1.04. The minimum Gasteiger partial charge on any atom is -0.484 e. The van der Waals surface area contributed by atoms with Crippen molar-refractivity contribution in [1.82, 2.24) is 25.0 Å². The molecule has 2 aromatic rings. The van der Waals surface area contributed by atoms with Gasteiger partial charge < -0.3 is 19.7 Å². The molecule has 3 heterocycles. The molecular formula is C20H25N5O4. The molecule has 4 rings (SSSR count). The highest BCUT2D eigenvalue weighted by atomic mass is 16.5. The Balaban J connectivity index is 1.47. The number of hydrogen-bond donors (Lipinski definition) is 1. The molecule has 0 bridgehead atoms. The SMILES string of the molecule is CC(CNC(=O)CN1CC2(CCOCC2)Oc2ccccc2C1=O)n1cncn1. The molecule has 1 aromatic heterocycles. The number of aromatic nitrogens is 3. The Kier molecular flexibility index (Phi) is 5.48. The maximum atomic E-state index is 13.1. The van der Waals surface area contributed by atoms with Crippen LogP contribution >= 0.6 is 0 Å². The molecule has 1 atom stereocenters. The van der Waals surface area contributed by atoms with E-state index in [1.54, 1.807) is 28.0 Å². The number of carbonyl (C=O) groups is 2. The summed E-state index contributed by atoms with van der Waals surface area (Å²) in [5, 5.41) is 6.96. The summed E-state index contributed by atoms with van der Waals surface area (Å²) in [4.78, 5) is 31.3. The van der Waals surface area contributed by atoms with Crippen LogP contribution in [-0.2, 0) is 9.53 Å². The van der Waals surface area contributed by atoms with E-state index in [4.69, 9.17) is 9.47 Å². The maximum Gasteiger partial charge on any atom is 0.258 e. The second kappa shape index (κ2) is 8.20. The van der Waals surface area contributed by atoms with E-state index in [0.717, 1.165) is 0 Å². The normalized spacial score (nSPS) is 19.2. The van der Waals surface area contributed by atoms with Gasteiger partial charge in [-0.25, -0.2) is 9.67 Å². The molecule has 9 nitrogen and oxygen atoms in total. The molecule has 9 heteroatoms. The standard InChI is InChI=1S/C20H25N5O4/c1-15(25-14-21-13-23-25)10-22-18(26)11-24-12-20(6-8-28-9-7-20)29-17-5-3-2-4-16(17)19(24)27/h2-5,13-15H,6-12H2,1H3,(H,22,26). The van der Waals surface area contributed by atoms with Gasteiger partial charge in [-0.3, -0.25) is 9.59 Å². The summed E-state index contributed by atoms with van der Waals surface area (Å²) >= 11 is 0. The number of hydrogen-bond acceptors (Lipinski definition) is 6. The first-order valence-corrected chi connectivity index (χ1v) is 9.82. The zero-order chi connectivity index (χ0) is 20.3. The van der Waals surface area contributed by atoms with E-state index in [1.165, 1.54) is 6.33 Å². The van der Waals surface area contributed by atoms with Crippen LogP contribution in [0, 0.1) is 0 Å². The Bertz CT molecular complexity index is 864. The van der Waals surface area contributed by atoms with E-state index in [-0.39, 0.29) is 24.4 Å². The molecule has 2 amide bonds. The summed E-state index contributed by atoms with van der Waals surface area (Å²) in [7, 11) is 0. The van der Waals surface area contributed by atoms with Crippen molar-refractivity contribution in [2.75, 3.05) is 32.8 Å². The smallest absolute Gasteiger partial charge is 0.258 e. The van der Waals surface area contributed by atoms with Crippen LogP contribution in [-0.4, -0.2) is 69.9 Å². The molecule has 1 aromatic carbocycles. The summed E-state index contributed by atoms with van der Waals surface area (Å²) in [6.07, 6.45) is 4.42. The molecule has 0 aliphatic carbocycles. The molecule has 1 spiro atoms. The second-order valence-corrected chi connectivity index (χ2v) is 7.58. The Hall–Kier alpha value is -2.94. The van der Waals surface area contributed by atoms with Crippen molar-refractivity contribution in [1.29, 1.82) is 0 Å². The summed E-state index contributed by atoms with van der Waals surface area (Å²) < 4.78 is 13.5. The third-order valence-electron chi connectivity index (χ3n) is 5.43. The van der Waals surface area contributed by atoms with Gasteiger partial charge in [0.1, 0.15) is 24.0 Å². The summed E-state index contributed by atoms with van der Waals surface area (Å²) in [5.74, 6) is 0.164. The summed E-state index contributed by atoms with van der Waals surface area (Å²) in [5.41, 5.74) is -0.0471. The maximum absolute atomic E-state index is 13.1. The molecule has 0 saturated carbocycles. The van der Waals surface area contributed by atoms with E-state index >= 15 is 0 Å². The first-order chi connectivity index (χ1) is 14.1. The minimum atomic E-state index is -0.533. The van der Waals surface area contributed by atoms with Crippen molar-refractivity contribution >= 4 is 11.8 Å². The Morgan fingerprint density at radius 3 is 2.86 bits per heavy atom. The number of amides is 2. The lowest BCUT2D eigenvalue weighted by atomic mass is 9.93. The highest BCUT2D eigenvalue weighted by molar-refractivity contribution is 5.99. The van der Waals surface area contributed by atoms with Crippen LogP contribution in [0.15, 0.2) is 36.9 Å². The number of carbonyl (C=O) groups excluding carboxylic acids is 2. The van der Waals surface area contributed by atoms with E-state index in [1.807, 2.05) is 19.1 Å². The Morgan fingerprint density at radius 2 is 2.10 bits per heavy atom. The molecule has 0 radical (unpaired) electrons. The molecule has 2 aliphatic rings. The predicted molar refractivity (Wildman–Crippen MR) is 104 cm³/mol. The van der Waals surface area contributed by atoms with Crippen LogP contribution in [0.3, 0.4) is 0 Å². The molecule has 1 N–H and O–H groups in total. The first-order valence-electron chi connectivity index (χ1n) is 9.82. The van der Waals surface area contributed by atoms with Crippen molar-refractivity contribution in [3.63, 3.8) is 0 Å². The van der Waals surface area contributed by atoms with Crippen LogP contribution in [0.25, 0.3) is 0 Å². The van der Waals surface area contributed by atoms with Gasteiger partial charge in [-0.05, 0) is 19.1 Å². The number of nitrogens with one attached hydrogen (secondary N) is 1. The number of para-hydroxylation sites is 1. The van der Waals surface area contributed by atoms with E-state index in [2.05, 4.69) is 15.4 Å². The van der Waals surface area contributed by atoms with Gasteiger partial charge in [0.2, 0.25) is 5.91 Å². The quantitative estimate of drug-likeness (QED) is 0.807. The van der Waals surface area contributed by atoms with Crippen molar-refractivity contribution in [3.8, 4) is 5.75 Å². The fourth-order valence-corrected chi connectivity index (χ4v) is 3.75. The number of fused-ring (bicyclic) bond motifs is 1. The van der Waals surface area contributed by atoms with Gasteiger partial charge in [0.05, 0.1) is 37.9 Å². The van der Waals surface area contributed by atoms with Crippen molar-refractivity contribution in [2.24, 2.45) is 0 Å². The summed E-state index contributed by atoms with van der Waals surface area (Å²) in [6, 6.07) is 7.18. The fraction of sp³-hybridized carbons (Fsp3) is 0.500. The molecule has 1 saturated heterocycles. The fourth-order valence-electron chi connectivity index (χ4n) is 3.75. The second-order valence-electron chi connectivity index (χ2n) is 7.58. The van der Waals surface area contributed by atoms with Crippen LogP contribution in [0.5, 0.6) is 5.75 Å². The number of benzene rings is 1. The van der Waals surface area contributed by atoms with Gasteiger partial charge in [-0.2, -0.15) is 5.10 Å². The zero-order valence-electron chi connectivity index (χ0n) is 16.4. The van der Waals surface area contributed by atoms with Crippen molar-refractivity contribution in [2.45, 2.75) is 31.4 Å². The highest BCUT2D eigenvalue weighted by Gasteiger charge is 2.42. The third kappa shape index (κ3) is 4.24. The summed E-state index contributed by atoms with van der Waals surface area (Å²) in [6.45, 7) is 3.82.